The summed E-state index contributed by atoms with van der Waals surface area (Å²) in [5, 5.41) is 5.45. The first-order chi connectivity index (χ1) is 11.8. The molecule has 2 N–H and O–H groups in total. The summed E-state index contributed by atoms with van der Waals surface area (Å²) in [6.45, 7) is 3.09. The van der Waals surface area contributed by atoms with Crippen LogP contribution in [-0.2, 0) is 0 Å². The lowest BCUT2D eigenvalue weighted by atomic mass is 10.3. The number of amides is 1. The van der Waals surface area contributed by atoms with E-state index in [2.05, 4.69) is 20.6 Å². The van der Waals surface area contributed by atoms with Crippen molar-refractivity contribution < 1.29 is 13.6 Å². The molecule has 8 heteroatoms. The quantitative estimate of drug-likeness (QED) is 0.752. The molecular weight excluding hydrogens is 328 g/mol. The van der Waals surface area contributed by atoms with Crippen molar-refractivity contribution in [2.45, 2.75) is 13.3 Å². The van der Waals surface area contributed by atoms with Gasteiger partial charge in [-0.15, -0.1) is 0 Å². The van der Waals surface area contributed by atoms with Crippen molar-refractivity contribution in [3.63, 3.8) is 0 Å². The minimum absolute atomic E-state index is 0.0318. The van der Waals surface area contributed by atoms with Crippen LogP contribution in [0.5, 0.6) is 0 Å². The number of hydrogen-bond donors (Lipinski definition) is 2. The zero-order chi connectivity index (χ0) is 18.4. The Kier molecular flexibility index (Phi) is 6.35. The van der Waals surface area contributed by atoms with E-state index in [0.717, 1.165) is 25.1 Å². The summed E-state index contributed by atoms with van der Waals surface area (Å²) in [7, 11) is 3.92. The van der Waals surface area contributed by atoms with Crippen LogP contribution in [-0.4, -0.2) is 48.0 Å². The smallest absolute Gasteiger partial charge is 0.270 e. The van der Waals surface area contributed by atoms with Gasteiger partial charge in [0.15, 0.2) is 0 Å². The number of carbonyl (C=O) groups excluding carboxylic acids is 1. The summed E-state index contributed by atoms with van der Waals surface area (Å²) in [5.74, 6) is -1.69. The van der Waals surface area contributed by atoms with Gasteiger partial charge in [-0.1, -0.05) is 0 Å². The van der Waals surface area contributed by atoms with Gasteiger partial charge in [0.1, 0.15) is 17.3 Å². The summed E-state index contributed by atoms with van der Waals surface area (Å²) in [6.07, 6.45) is 0.814. The molecule has 2 aromatic rings. The maximum atomic E-state index is 13.7. The van der Waals surface area contributed by atoms with Gasteiger partial charge < -0.3 is 15.5 Å². The molecule has 0 saturated carbocycles. The van der Waals surface area contributed by atoms with Crippen molar-refractivity contribution in [1.29, 1.82) is 0 Å². The fraction of sp³-hybridized carbons (Fsp3) is 0.353. The van der Waals surface area contributed by atoms with Gasteiger partial charge in [0.25, 0.3) is 5.91 Å². The van der Waals surface area contributed by atoms with Gasteiger partial charge in [0.2, 0.25) is 5.95 Å². The van der Waals surface area contributed by atoms with Crippen molar-refractivity contribution in [2.24, 2.45) is 0 Å². The SMILES string of the molecule is Cc1cc(C(=O)NCCCN(C)C)nc(Nc2ccc(F)cc2F)n1. The minimum atomic E-state index is -0.764. The van der Waals surface area contributed by atoms with E-state index in [1.54, 1.807) is 13.0 Å². The number of nitrogens with zero attached hydrogens (tertiary/aromatic N) is 3. The molecule has 1 amide bonds. The summed E-state index contributed by atoms with van der Waals surface area (Å²) < 4.78 is 26.7. The standard InChI is InChI=1S/C17H21F2N5O/c1-11-9-15(16(25)20-7-4-8-24(2)3)23-17(21-11)22-14-6-5-12(18)10-13(14)19/h5-6,9-10H,4,7-8H2,1-3H3,(H,20,25)(H,21,22,23). The van der Waals surface area contributed by atoms with Gasteiger partial charge in [0.05, 0.1) is 5.69 Å². The van der Waals surface area contributed by atoms with Crippen LogP contribution in [0.15, 0.2) is 24.3 Å². The third-order valence-corrected chi connectivity index (χ3v) is 3.33. The van der Waals surface area contributed by atoms with Crippen molar-refractivity contribution in [3.8, 4) is 0 Å². The van der Waals surface area contributed by atoms with E-state index in [1.807, 2.05) is 19.0 Å². The molecule has 0 bridgehead atoms. The molecule has 25 heavy (non-hydrogen) atoms. The van der Waals surface area contributed by atoms with Crippen LogP contribution in [0.25, 0.3) is 0 Å². The Bertz CT molecular complexity index is 752. The predicted molar refractivity (Wildman–Crippen MR) is 91.9 cm³/mol. The van der Waals surface area contributed by atoms with Gasteiger partial charge >= 0.3 is 0 Å². The molecule has 0 unspecified atom stereocenters. The third-order valence-electron chi connectivity index (χ3n) is 3.33. The molecule has 0 fully saturated rings. The molecule has 0 aliphatic carbocycles. The Balaban J connectivity index is 2.07. The molecular formula is C17H21F2N5O. The van der Waals surface area contributed by atoms with Gasteiger partial charge in [0, 0.05) is 18.3 Å². The van der Waals surface area contributed by atoms with E-state index in [9.17, 15) is 13.6 Å². The molecule has 0 spiro atoms. The summed E-state index contributed by atoms with van der Waals surface area (Å²) in [4.78, 5) is 22.4. The number of nitrogens with one attached hydrogen (secondary N) is 2. The maximum Gasteiger partial charge on any atom is 0.270 e. The number of halogens is 2. The summed E-state index contributed by atoms with van der Waals surface area (Å²) in [6, 6.07) is 4.68. The average molecular weight is 349 g/mol. The monoisotopic (exact) mass is 349 g/mol. The van der Waals surface area contributed by atoms with E-state index in [0.29, 0.717) is 12.2 Å². The number of benzene rings is 1. The second kappa shape index (κ2) is 8.48. The Morgan fingerprint density at radius 2 is 1.96 bits per heavy atom. The normalized spacial score (nSPS) is 10.8. The lowest BCUT2D eigenvalue weighted by molar-refractivity contribution is 0.0947. The Morgan fingerprint density at radius 1 is 1.20 bits per heavy atom. The molecule has 0 radical (unpaired) electrons. The average Bonchev–Trinajstić information content (AvgIpc) is 2.53. The number of hydrogen-bond acceptors (Lipinski definition) is 5. The number of aromatic nitrogens is 2. The van der Waals surface area contributed by atoms with Crippen LogP contribution in [0, 0.1) is 18.6 Å². The summed E-state index contributed by atoms with van der Waals surface area (Å²) in [5.41, 5.74) is 0.769. The molecule has 2 rings (SSSR count). The van der Waals surface area contributed by atoms with Crippen LogP contribution in [0.1, 0.15) is 22.6 Å². The lowest BCUT2D eigenvalue weighted by Crippen LogP contribution is -2.28. The van der Waals surface area contributed by atoms with E-state index < -0.39 is 11.6 Å². The number of aryl methyl sites for hydroxylation is 1. The highest BCUT2D eigenvalue weighted by Crippen LogP contribution is 2.19. The molecule has 134 valence electrons. The maximum absolute atomic E-state index is 13.7. The van der Waals surface area contributed by atoms with Crippen LogP contribution in [0.3, 0.4) is 0 Å². The zero-order valence-corrected chi connectivity index (χ0v) is 14.4. The van der Waals surface area contributed by atoms with E-state index in [-0.39, 0.29) is 23.2 Å². The van der Waals surface area contributed by atoms with Crippen molar-refractivity contribution in [1.82, 2.24) is 20.2 Å². The Labute approximate surface area is 145 Å². The highest BCUT2D eigenvalue weighted by Gasteiger charge is 2.12. The van der Waals surface area contributed by atoms with Crippen LogP contribution >= 0.6 is 0 Å². The highest BCUT2D eigenvalue weighted by atomic mass is 19.1. The Morgan fingerprint density at radius 3 is 2.64 bits per heavy atom. The van der Waals surface area contributed by atoms with E-state index >= 15 is 0 Å². The molecule has 1 aromatic heterocycles. The molecule has 1 heterocycles. The van der Waals surface area contributed by atoms with Crippen LogP contribution in [0.2, 0.25) is 0 Å². The fourth-order valence-corrected chi connectivity index (χ4v) is 2.14. The highest BCUT2D eigenvalue weighted by molar-refractivity contribution is 5.92. The van der Waals surface area contributed by atoms with E-state index in [4.69, 9.17) is 0 Å². The zero-order valence-electron chi connectivity index (χ0n) is 14.4. The molecule has 0 aliphatic heterocycles. The van der Waals surface area contributed by atoms with Crippen molar-refractivity contribution >= 4 is 17.5 Å². The first kappa shape index (κ1) is 18.7. The van der Waals surface area contributed by atoms with Crippen molar-refractivity contribution in [2.75, 3.05) is 32.5 Å². The topological polar surface area (TPSA) is 70.2 Å². The molecule has 0 saturated heterocycles. The number of carbonyl (C=O) groups is 1. The first-order valence-corrected chi connectivity index (χ1v) is 7.86. The molecule has 0 aliphatic rings. The van der Waals surface area contributed by atoms with Gasteiger partial charge in [-0.3, -0.25) is 4.79 Å². The number of rotatable bonds is 7. The second-order valence-corrected chi connectivity index (χ2v) is 5.88. The molecule has 0 atom stereocenters. The van der Waals surface area contributed by atoms with Crippen LogP contribution < -0.4 is 10.6 Å². The second-order valence-electron chi connectivity index (χ2n) is 5.88. The fourth-order valence-electron chi connectivity index (χ4n) is 2.14. The molecule has 1 aromatic carbocycles. The van der Waals surface area contributed by atoms with Crippen LogP contribution in [0.4, 0.5) is 20.4 Å². The first-order valence-electron chi connectivity index (χ1n) is 7.86. The number of anilines is 2. The largest absolute Gasteiger partial charge is 0.351 e. The lowest BCUT2D eigenvalue weighted by Gasteiger charge is -2.11. The Hall–Kier alpha value is -2.61. The summed E-state index contributed by atoms with van der Waals surface area (Å²) >= 11 is 0. The van der Waals surface area contributed by atoms with Gasteiger partial charge in [-0.2, -0.15) is 0 Å². The molecule has 6 nitrogen and oxygen atoms in total. The minimum Gasteiger partial charge on any atom is -0.351 e. The van der Waals surface area contributed by atoms with Crippen molar-refractivity contribution in [3.05, 3.63) is 47.3 Å². The van der Waals surface area contributed by atoms with Gasteiger partial charge in [-0.25, -0.2) is 18.7 Å². The predicted octanol–water partition coefficient (Wildman–Crippen LogP) is 2.49. The van der Waals surface area contributed by atoms with Gasteiger partial charge in [-0.05, 0) is 52.2 Å². The third kappa shape index (κ3) is 5.75. The van der Waals surface area contributed by atoms with E-state index in [1.165, 1.54) is 6.07 Å².